The Morgan fingerprint density at radius 1 is 1.26 bits per heavy atom. The smallest absolute Gasteiger partial charge is 0.219 e. The number of aromatic nitrogens is 3. The fraction of sp³-hybridized carbons (Fsp3) is 0.381. The first-order chi connectivity index (χ1) is 13.2. The average Bonchev–Trinajstić information content (AvgIpc) is 3.35. The minimum atomic E-state index is 0.114. The second-order valence-corrected chi connectivity index (χ2v) is 7.30. The molecule has 1 saturated heterocycles. The Kier molecular flexibility index (Phi) is 3.93. The third-order valence-corrected chi connectivity index (χ3v) is 5.68. The van der Waals surface area contributed by atoms with Gasteiger partial charge in [0.15, 0.2) is 0 Å². The number of fused-ring (bicyclic) bond motifs is 2. The van der Waals surface area contributed by atoms with E-state index in [1.165, 1.54) is 11.3 Å². The van der Waals surface area contributed by atoms with Crippen molar-refractivity contribution in [2.45, 2.75) is 32.4 Å². The van der Waals surface area contributed by atoms with Gasteiger partial charge in [0.2, 0.25) is 5.91 Å². The highest BCUT2D eigenvalue weighted by Gasteiger charge is 2.31. The van der Waals surface area contributed by atoms with Crippen LogP contribution in [0, 0.1) is 0 Å². The summed E-state index contributed by atoms with van der Waals surface area (Å²) < 4.78 is 7.78. The van der Waals surface area contributed by atoms with Crippen LogP contribution < -0.4 is 0 Å². The summed E-state index contributed by atoms with van der Waals surface area (Å²) in [4.78, 5) is 18.4. The molecule has 1 atom stereocenters. The minimum absolute atomic E-state index is 0.114. The summed E-state index contributed by atoms with van der Waals surface area (Å²) in [5.74, 6) is 0.114. The van der Waals surface area contributed by atoms with Gasteiger partial charge in [-0.05, 0) is 18.6 Å². The molecule has 5 rings (SSSR count). The highest BCUT2D eigenvalue weighted by atomic mass is 16.5. The summed E-state index contributed by atoms with van der Waals surface area (Å²) in [5.41, 5.74) is 5.43. The summed E-state index contributed by atoms with van der Waals surface area (Å²) in [6.45, 7) is 4.50. The van der Waals surface area contributed by atoms with Crippen LogP contribution in [0.5, 0.6) is 0 Å². The van der Waals surface area contributed by atoms with E-state index in [4.69, 9.17) is 9.84 Å². The van der Waals surface area contributed by atoms with Crippen molar-refractivity contribution in [1.29, 1.82) is 0 Å². The number of carbonyl (C=O) groups excluding carboxylic acids is 1. The normalized spacial score (nSPS) is 19.4. The molecule has 0 radical (unpaired) electrons. The van der Waals surface area contributed by atoms with E-state index in [2.05, 4.69) is 21.8 Å². The lowest BCUT2D eigenvalue weighted by atomic mass is 9.98. The van der Waals surface area contributed by atoms with Gasteiger partial charge in [0.25, 0.3) is 0 Å². The Labute approximate surface area is 157 Å². The van der Waals surface area contributed by atoms with E-state index in [1.54, 1.807) is 6.92 Å². The highest BCUT2D eigenvalue weighted by Crippen LogP contribution is 2.36. The number of rotatable bonds is 2. The summed E-state index contributed by atoms with van der Waals surface area (Å²) >= 11 is 0. The number of ether oxygens (including phenoxy) is 1. The molecule has 2 aliphatic rings. The molecule has 0 aliphatic carbocycles. The summed E-state index contributed by atoms with van der Waals surface area (Å²) in [6.07, 6.45) is 3.63. The number of carbonyl (C=O) groups is 1. The SMILES string of the molecule is CC(=O)N1CCc2c(c(-c3cccc4ncccc34)nn2[C@H]2CCOC2)C1. The second kappa shape index (κ2) is 6.46. The molecule has 27 heavy (non-hydrogen) atoms. The molecule has 1 amide bonds. The van der Waals surface area contributed by atoms with E-state index < -0.39 is 0 Å². The molecule has 2 aromatic heterocycles. The van der Waals surface area contributed by atoms with Crippen LogP contribution in [-0.2, 0) is 22.5 Å². The molecular formula is C21H22N4O2. The Bertz CT molecular complexity index is 1010. The van der Waals surface area contributed by atoms with Gasteiger partial charge in [-0.2, -0.15) is 5.10 Å². The quantitative estimate of drug-likeness (QED) is 0.703. The topological polar surface area (TPSA) is 60.2 Å². The fourth-order valence-corrected chi connectivity index (χ4v) is 4.26. The molecular weight excluding hydrogens is 340 g/mol. The van der Waals surface area contributed by atoms with Crippen LogP contribution in [0.4, 0.5) is 0 Å². The van der Waals surface area contributed by atoms with E-state index in [1.807, 2.05) is 29.3 Å². The number of amides is 1. The third-order valence-electron chi connectivity index (χ3n) is 5.68. The first-order valence-corrected chi connectivity index (χ1v) is 9.50. The number of hydrogen-bond donors (Lipinski definition) is 0. The molecule has 0 unspecified atom stereocenters. The number of nitrogens with zero attached hydrogens (tertiary/aromatic N) is 4. The van der Waals surface area contributed by atoms with E-state index in [0.717, 1.165) is 48.2 Å². The second-order valence-electron chi connectivity index (χ2n) is 7.30. The van der Waals surface area contributed by atoms with Crippen molar-refractivity contribution >= 4 is 16.8 Å². The van der Waals surface area contributed by atoms with Crippen molar-refractivity contribution < 1.29 is 9.53 Å². The zero-order valence-corrected chi connectivity index (χ0v) is 15.4. The fourth-order valence-electron chi connectivity index (χ4n) is 4.26. The van der Waals surface area contributed by atoms with E-state index in [-0.39, 0.29) is 11.9 Å². The van der Waals surface area contributed by atoms with Crippen LogP contribution in [-0.4, -0.2) is 45.3 Å². The summed E-state index contributed by atoms with van der Waals surface area (Å²) in [6, 6.07) is 10.5. The van der Waals surface area contributed by atoms with Crippen molar-refractivity contribution in [3.8, 4) is 11.3 Å². The van der Waals surface area contributed by atoms with Gasteiger partial charge in [-0.15, -0.1) is 0 Å². The maximum absolute atomic E-state index is 12.0. The van der Waals surface area contributed by atoms with Crippen LogP contribution in [0.15, 0.2) is 36.5 Å². The maximum Gasteiger partial charge on any atom is 0.219 e. The lowest BCUT2D eigenvalue weighted by Crippen LogP contribution is -2.35. The molecule has 0 saturated carbocycles. The molecule has 4 heterocycles. The van der Waals surface area contributed by atoms with Crippen molar-refractivity contribution in [1.82, 2.24) is 19.7 Å². The lowest BCUT2D eigenvalue weighted by molar-refractivity contribution is -0.129. The van der Waals surface area contributed by atoms with Crippen LogP contribution >= 0.6 is 0 Å². The lowest BCUT2D eigenvalue weighted by Gasteiger charge is -2.27. The zero-order chi connectivity index (χ0) is 18.4. The van der Waals surface area contributed by atoms with Crippen molar-refractivity contribution in [3.63, 3.8) is 0 Å². The van der Waals surface area contributed by atoms with Gasteiger partial charge in [-0.3, -0.25) is 14.5 Å². The van der Waals surface area contributed by atoms with E-state index in [9.17, 15) is 4.79 Å². The van der Waals surface area contributed by atoms with E-state index in [0.29, 0.717) is 13.2 Å². The largest absolute Gasteiger partial charge is 0.379 e. The molecule has 0 bridgehead atoms. The summed E-state index contributed by atoms with van der Waals surface area (Å²) in [7, 11) is 0. The van der Waals surface area contributed by atoms with Crippen molar-refractivity contribution in [2.75, 3.05) is 19.8 Å². The van der Waals surface area contributed by atoms with Crippen molar-refractivity contribution in [3.05, 3.63) is 47.8 Å². The number of hydrogen-bond acceptors (Lipinski definition) is 4. The van der Waals surface area contributed by atoms with Gasteiger partial charge in [0.05, 0.1) is 23.9 Å². The predicted octanol–water partition coefficient (Wildman–Crippen LogP) is 2.96. The molecule has 138 valence electrons. The molecule has 1 fully saturated rings. The van der Waals surface area contributed by atoms with Crippen molar-refractivity contribution in [2.24, 2.45) is 0 Å². The van der Waals surface area contributed by atoms with Gasteiger partial charge in [0, 0.05) is 61.4 Å². The molecule has 0 spiro atoms. The van der Waals surface area contributed by atoms with Crippen LogP contribution in [0.2, 0.25) is 0 Å². The Balaban J connectivity index is 1.70. The molecule has 3 aromatic rings. The molecule has 1 aromatic carbocycles. The molecule has 6 nitrogen and oxygen atoms in total. The average molecular weight is 362 g/mol. The van der Waals surface area contributed by atoms with Crippen LogP contribution in [0.1, 0.15) is 30.6 Å². The summed E-state index contributed by atoms with van der Waals surface area (Å²) in [5, 5.41) is 6.15. The van der Waals surface area contributed by atoms with Gasteiger partial charge >= 0.3 is 0 Å². The standard InChI is InChI=1S/C21H22N4O2/c1-14(26)24-10-7-20-18(12-24)21(23-25(20)15-8-11-27-13-15)17-4-2-6-19-16(17)5-3-9-22-19/h2-6,9,15H,7-8,10-13H2,1H3/t15-/m0/s1. The Morgan fingerprint density at radius 3 is 3.00 bits per heavy atom. The maximum atomic E-state index is 12.0. The number of benzene rings is 1. The van der Waals surface area contributed by atoms with Gasteiger partial charge < -0.3 is 9.64 Å². The predicted molar refractivity (Wildman–Crippen MR) is 102 cm³/mol. The van der Waals surface area contributed by atoms with Gasteiger partial charge in [-0.1, -0.05) is 18.2 Å². The minimum Gasteiger partial charge on any atom is -0.379 e. The molecule has 6 heteroatoms. The molecule has 2 aliphatic heterocycles. The molecule has 0 N–H and O–H groups in total. The first-order valence-electron chi connectivity index (χ1n) is 9.50. The van der Waals surface area contributed by atoms with Crippen LogP contribution in [0.3, 0.4) is 0 Å². The zero-order valence-electron chi connectivity index (χ0n) is 15.4. The van der Waals surface area contributed by atoms with Gasteiger partial charge in [0.1, 0.15) is 0 Å². The van der Waals surface area contributed by atoms with E-state index >= 15 is 0 Å². The van der Waals surface area contributed by atoms with Gasteiger partial charge in [-0.25, -0.2) is 0 Å². The first kappa shape index (κ1) is 16.4. The highest BCUT2D eigenvalue weighted by molar-refractivity contribution is 5.94. The Hall–Kier alpha value is -2.73. The Morgan fingerprint density at radius 2 is 2.19 bits per heavy atom. The third kappa shape index (κ3) is 2.72. The monoisotopic (exact) mass is 362 g/mol. The van der Waals surface area contributed by atoms with Crippen LogP contribution in [0.25, 0.3) is 22.2 Å². The number of pyridine rings is 1.